The van der Waals surface area contributed by atoms with Crippen molar-refractivity contribution in [2.75, 3.05) is 11.9 Å². The van der Waals surface area contributed by atoms with Gasteiger partial charge in [0, 0.05) is 22.6 Å². The van der Waals surface area contributed by atoms with Crippen molar-refractivity contribution in [2.45, 2.75) is 19.8 Å². The maximum absolute atomic E-state index is 11.0. The van der Waals surface area contributed by atoms with E-state index in [0.29, 0.717) is 18.0 Å². The Balaban J connectivity index is 2.13. The summed E-state index contributed by atoms with van der Waals surface area (Å²) in [5, 5.41) is 14.3. The van der Waals surface area contributed by atoms with Crippen molar-refractivity contribution in [3.8, 4) is 0 Å². The van der Waals surface area contributed by atoms with Crippen molar-refractivity contribution in [1.82, 2.24) is 0 Å². The van der Waals surface area contributed by atoms with Crippen molar-refractivity contribution in [3.63, 3.8) is 0 Å². The quantitative estimate of drug-likeness (QED) is 0.618. The van der Waals surface area contributed by atoms with Crippen molar-refractivity contribution in [2.24, 2.45) is 0 Å². The first kappa shape index (κ1) is 15.5. The van der Waals surface area contributed by atoms with E-state index in [0.717, 1.165) is 10.2 Å². The van der Waals surface area contributed by atoms with Gasteiger partial charge in [-0.1, -0.05) is 37.3 Å². The fourth-order valence-electron chi connectivity index (χ4n) is 2.16. The molecule has 0 aliphatic rings. The minimum Gasteiger partial charge on any atom is -0.383 e. The monoisotopic (exact) mass is 348 g/mol. The Hall–Kier alpha value is -1.88. The molecule has 2 rings (SSSR count). The molecule has 2 aromatic rings. The minimum atomic E-state index is -0.354. The molecule has 0 saturated heterocycles. The number of nitrogens with zero attached hydrogens (tertiary/aromatic N) is 1. The molecule has 2 aromatic carbocycles. The van der Waals surface area contributed by atoms with Gasteiger partial charge in [0.2, 0.25) is 0 Å². The van der Waals surface area contributed by atoms with E-state index in [-0.39, 0.29) is 10.6 Å². The average Bonchev–Trinajstić information content (AvgIpc) is 2.46. The molecule has 0 fully saturated rings. The Bertz CT molecular complexity index is 644. The highest BCUT2D eigenvalue weighted by Gasteiger charge is 2.15. The van der Waals surface area contributed by atoms with Crippen molar-refractivity contribution >= 4 is 27.3 Å². The minimum absolute atomic E-state index is 0.132. The summed E-state index contributed by atoms with van der Waals surface area (Å²) < 4.78 is 0.839. The van der Waals surface area contributed by atoms with Gasteiger partial charge in [0.1, 0.15) is 0 Å². The van der Waals surface area contributed by atoms with Gasteiger partial charge in [-0.25, -0.2) is 0 Å². The first-order valence-corrected chi connectivity index (χ1v) is 7.51. The number of aryl methyl sites for hydroxylation is 1. The molecule has 0 bridgehead atoms. The summed E-state index contributed by atoms with van der Waals surface area (Å²) in [6.07, 6.45) is 0. The topological polar surface area (TPSA) is 55.2 Å². The predicted molar refractivity (Wildman–Crippen MR) is 88.9 cm³/mol. The zero-order valence-corrected chi connectivity index (χ0v) is 13.6. The van der Waals surface area contributed by atoms with Gasteiger partial charge in [0.05, 0.1) is 10.6 Å². The number of benzene rings is 2. The summed E-state index contributed by atoms with van der Waals surface area (Å²) in [5.74, 6) is 0.318. The van der Waals surface area contributed by atoms with Crippen molar-refractivity contribution in [3.05, 3.63) is 68.2 Å². The molecular formula is C16H17BrN2O2. The fourth-order valence-corrected chi connectivity index (χ4v) is 2.75. The number of halogens is 1. The third kappa shape index (κ3) is 3.82. The van der Waals surface area contributed by atoms with Gasteiger partial charge < -0.3 is 5.32 Å². The Labute approximate surface area is 132 Å². The number of nitro benzene ring substituents is 1. The van der Waals surface area contributed by atoms with Crippen LogP contribution in [0.2, 0.25) is 0 Å². The first-order chi connectivity index (χ1) is 9.99. The maximum Gasteiger partial charge on any atom is 0.274 e. The van der Waals surface area contributed by atoms with Crippen LogP contribution in [-0.2, 0) is 0 Å². The molecule has 0 saturated carbocycles. The molecule has 1 atom stereocenters. The number of nitro groups is 1. The second kappa shape index (κ2) is 6.72. The third-order valence-corrected chi connectivity index (χ3v) is 4.11. The van der Waals surface area contributed by atoms with Crippen LogP contribution in [0.25, 0.3) is 0 Å². The number of anilines is 1. The van der Waals surface area contributed by atoms with E-state index in [1.807, 2.05) is 18.2 Å². The summed E-state index contributed by atoms with van der Waals surface area (Å²) in [5.41, 5.74) is 2.76. The zero-order chi connectivity index (χ0) is 15.4. The molecule has 0 spiro atoms. The Morgan fingerprint density at radius 1 is 1.29 bits per heavy atom. The van der Waals surface area contributed by atoms with E-state index in [9.17, 15) is 10.1 Å². The molecule has 0 radical (unpaired) electrons. The largest absolute Gasteiger partial charge is 0.383 e. The van der Waals surface area contributed by atoms with Crippen molar-refractivity contribution in [1.29, 1.82) is 0 Å². The highest BCUT2D eigenvalue weighted by molar-refractivity contribution is 9.10. The summed E-state index contributed by atoms with van der Waals surface area (Å²) in [7, 11) is 0. The summed E-state index contributed by atoms with van der Waals surface area (Å²) in [4.78, 5) is 10.7. The van der Waals surface area contributed by atoms with Crippen LogP contribution in [0.15, 0.2) is 46.9 Å². The Morgan fingerprint density at radius 3 is 2.57 bits per heavy atom. The summed E-state index contributed by atoms with van der Waals surface area (Å²) in [6.45, 7) is 4.57. The molecule has 0 aliphatic heterocycles. The van der Waals surface area contributed by atoms with Gasteiger partial charge in [-0.3, -0.25) is 10.1 Å². The van der Waals surface area contributed by atoms with Crippen LogP contribution in [0.5, 0.6) is 0 Å². The van der Waals surface area contributed by atoms with E-state index in [4.69, 9.17) is 0 Å². The highest BCUT2D eigenvalue weighted by Crippen LogP contribution is 2.31. The molecule has 110 valence electrons. The second-order valence-electron chi connectivity index (χ2n) is 5.07. The molecule has 21 heavy (non-hydrogen) atoms. The Kier molecular flexibility index (Phi) is 4.96. The Morgan fingerprint density at radius 2 is 1.95 bits per heavy atom. The molecule has 0 amide bonds. The van der Waals surface area contributed by atoms with Crippen molar-refractivity contribution < 1.29 is 4.92 Å². The summed E-state index contributed by atoms with van der Waals surface area (Å²) >= 11 is 3.45. The van der Waals surface area contributed by atoms with Gasteiger partial charge in [-0.05, 0) is 40.4 Å². The smallest absolute Gasteiger partial charge is 0.274 e. The third-order valence-electron chi connectivity index (χ3n) is 3.45. The normalized spacial score (nSPS) is 12.0. The van der Waals surface area contributed by atoms with Crippen LogP contribution in [0.3, 0.4) is 0 Å². The second-order valence-corrected chi connectivity index (χ2v) is 5.92. The van der Waals surface area contributed by atoms with Crippen LogP contribution in [0, 0.1) is 17.0 Å². The zero-order valence-electron chi connectivity index (χ0n) is 12.0. The highest BCUT2D eigenvalue weighted by atomic mass is 79.9. The van der Waals surface area contributed by atoms with Gasteiger partial charge >= 0.3 is 0 Å². The summed E-state index contributed by atoms with van der Waals surface area (Å²) in [6, 6.07) is 13.5. The molecule has 0 heterocycles. The van der Waals surface area contributed by atoms with E-state index in [1.165, 1.54) is 5.56 Å². The number of hydrogen-bond donors (Lipinski definition) is 1. The van der Waals surface area contributed by atoms with E-state index >= 15 is 0 Å². The van der Waals surface area contributed by atoms with Gasteiger partial charge in [0.15, 0.2) is 0 Å². The number of hydrogen-bond acceptors (Lipinski definition) is 3. The SMILES string of the molecule is Cc1cc(Br)c(NCC(C)c2ccccc2)cc1[N+](=O)[O-]. The molecule has 5 heteroatoms. The molecule has 1 unspecified atom stereocenters. The van der Waals surface area contributed by atoms with Crippen LogP contribution in [0.4, 0.5) is 11.4 Å². The molecular weight excluding hydrogens is 332 g/mol. The lowest BCUT2D eigenvalue weighted by Gasteiger charge is -2.15. The van der Waals surface area contributed by atoms with E-state index < -0.39 is 0 Å². The molecule has 0 aromatic heterocycles. The lowest BCUT2D eigenvalue weighted by molar-refractivity contribution is -0.385. The lowest BCUT2D eigenvalue weighted by atomic mass is 10.0. The number of nitrogens with one attached hydrogen (secondary N) is 1. The van der Waals surface area contributed by atoms with Gasteiger partial charge in [-0.2, -0.15) is 0 Å². The van der Waals surface area contributed by atoms with Crippen LogP contribution in [-0.4, -0.2) is 11.5 Å². The van der Waals surface area contributed by atoms with Gasteiger partial charge in [-0.15, -0.1) is 0 Å². The molecule has 4 nitrogen and oxygen atoms in total. The fraction of sp³-hybridized carbons (Fsp3) is 0.250. The standard InChI is InChI=1S/C16H17BrN2O2/c1-11-8-14(17)15(9-16(11)19(20)21)18-10-12(2)13-6-4-3-5-7-13/h3-9,12,18H,10H2,1-2H3. The van der Waals surface area contributed by atoms with Gasteiger partial charge in [0.25, 0.3) is 5.69 Å². The van der Waals surface area contributed by atoms with Crippen LogP contribution in [0.1, 0.15) is 24.0 Å². The van der Waals surface area contributed by atoms with E-state index in [2.05, 4.69) is 40.3 Å². The predicted octanol–water partition coefficient (Wildman–Crippen LogP) is 4.88. The lowest BCUT2D eigenvalue weighted by Crippen LogP contribution is -2.10. The molecule has 1 N–H and O–H groups in total. The molecule has 0 aliphatic carbocycles. The average molecular weight is 349 g/mol. The van der Waals surface area contributed by atoms with E-state index in [1.54, 1.807) is 19.1 Å². The first-order valence-electron chi connectivity index (χ1n) is 6.72. The maximum atomic E-state index is 11.0. The van der Waals surface area contributed by atoms with Crippen LogP contribution >= 0.6 is 15.9 Å². The number of rotatable bonds is 5. The van der Waals surface area contributed by atoms with Crippen LogP contribution < -0.4 is 5.32 Å².